The van der Waals surface area contributed by atoms with Gasteiger partial charge in [0.25, 0.3) is 0 Å². The van der Waals surface area contributed by atoms with Gasteiger partial charge in [-0.3, -0.25) is 19.4 Å². The van der Waals surface area contributed by atoms with Crippen LogP contribution in [0.1, 0.15) is 64.3 Å². The number of amidine groups is 3. The minimum Gasteiger partial charge on any atom is -0.480 e. The van der Waals surface area contributed by atoms with Crippen LogP contribution in [0.2, 0.25) is 0 Å². The van der Waals surface area contributed by atoms with Crippen molar-refractivity contribution < 1.29 is 38.7 Å². The van der Waals surface area contributed by atoms with Gasteiger partial charge in [-0.1, -0.05) is 107 Å². The van der Waals surface area contributed by atoms with Crippen molar-refractivity contribution in [3.05, 3.63) is 173 Å². The number of ketones is 2. The zero-order valence-corrected chi connectivity index (χ0v) is 52.1. The van der Waals surface area contributed by atoms with Crippen molar-refractivity contribution in [2.24, 2.45) is 26.8 Å². The molecule has 0 bridgehead atoms. The van der Waals surface area contributed by atoms with Crippen LogP contribution < -0.4 is 31.2 Å². The number of fused-ring (bicyclic) bond motifs is 3. The predicted octanol–water partition coefficient (Wildman–Crippen LogP) is 14.4. The molecule has 6 aromatic heterocycles. The lowest BCUT2D eigenvalue weighted by Gasteiger charge is -2.21. The number of pyridine rings is 3. The van der Waals surface area contributed by atoms with Crippen LogP contribution in [0.3, 0.4) is 0 Å². The fraction of sp³-hybridized carbons (Fsp3) is 0.185. The number of nitrogens with one attached hydrogen (secondary N) is 1. The predicted molar refractivity (Wildman–Crippen MR) is 345 cm³/mol. The fourth-order valence-corrected chi connectivity index (χ4v) is 11.2. The van der Waals surface area contributed by atoms with E-state index >= 15 is 0 Å². The van der Waals surface area contributed by atoms with Gasteiger partial charge >= 0.3 is 0 Å². The molecule has 7 heterocycles. The van der Waals surface area contributed by atoms with Gasteiger partial charge in [0.2, 0.25) is 23.4 Å². The molecule has 0 radical (unpaired) electrons. The van der Waals surface area contributed by atoms with Crippen molar-refractivity contribution in [2.75, 3.05) is 46.5 Å². The van der Waals surface area contributed by atoms with Gasteiger partial charge in [0, 0.05) is 46.8 Å². The standard InChI is InChI=1S/C17H14BrN3O3S.C17H14BrN3O2S.C10H7BrOS.C7H8BrN3O2.CH3PS.2CH4/c1-23-17-12(18)6-7-13(20-17)16(19)21-24-8-14(22)11-9-25-15-5-3-2-4-10(11)15;1-22-17-12(18)6-7-13(20-17)16-19-14(8-23-21-16)11-9-24-15-5-3-2-4-10(11)15;11-5-9(12)8-6-13-10-4-2-1-3-7(8)10;1-13-7-4(8)2-3-5(10-7)6(9)11-12;1-2-3;;/h2-7,9H,8H2,1H3,(H2,19,21);2-7,9,14H,8H2,1H3,(H,19,21);1-4,6H,5H2;2-3,12H,1H3,(H2,9,11);1H3;2*1H4. The first-order valence-corrected chi connectivity index (χ1v) is 31.0. The summed E-state index contributed by atoms with van der Waals surface area (Å²) in [4.78, 5) is 51.9. The SMILES string of the molecule is C.C.COc1nc(/C(N)=N/O)ccc1Br.COc1nc(/C(N)=N/OCC(=O)c2csc3ccccc23)ccc1Br.COc1nc(C2=NC(c3csc4ccccc34)CON2)ccc1Br.CP=S.O=C(CBr)c1csc2ccccc12. The highest BCUT2D eigenvalue weighted by Crippen LogP contribution is 2.34. The van der Waals surface area contributed by atoms with E-state index in [1.165, 1.54) is 45.9 Å². The van der Waals surface area contributed by atoms with Crippen LogP contribution >= 0.6 is 105 Å². The Bertz CT molecular complexity index is 3620. The number of nitrogens with two attached hydrogens (primary N) is 2. The molecule has 9 aromatic rings. The topological polar surface area (TPSA) is 240 Å². The minimum atomic E-state index is -0.199. The maximum atomic E-state index is 12.3. The van der Waals surface area contributed by atoms with Crippen molar-refractivity contribution in [1.82, 2.24) is 20.4 Å². The lowest BCUT2D eigenvalue weighted by atomic mass is 10.1. The van der Waals surface area contributed by atoms with Crippen molar-refractivity contribution in [1.29, 1.82) is 0 Å². The second kappa shape index (κ2) is 33.8. The van der Waals surface area contributed by atoms with Crippen molar-refractivity contribution >= 4 is 176 Å². The molecule has 6 N–H and O–H groups in total. The number of aliphatic imine (C=N–C) groups is 1. The molecular weight excluding hydrogens is 1380 g/mol. The molecule has 0 saturated heterocycles. The molecule has 1 aliphatic rings. The van der Waals surface area contributed by atoms with Crippen LogP contribution in [0.25, 0.3) is 30.3 Å². The molecular formula is C54H54Br4N9O8PS4. The number of rotatable bonds is 13. The number of Topliss-reactive ketones (excluding diaryl/α,β-unsaturated/α-hetero) is 2. The maximum absolute atomic E-state index is 12.3. The average molecular weight is 1440 g/mol. The Hall–Kier alpha value is -5.86. The summed E-state index contributed by atoms with van der Waals surface area (Å²) >= 11 is 22.4. The Morgan fingerprint density at radius 3 is 1.66 bits per heavy atom. The number of benzene rings is 3. The summed E-state index contributed by atoms with van der Waals surface area (Å²) in [6.45, 7) is 2.20. The van der Waals surface area contributed by atoms with E-state index in [0.717, 1.165) is 32.9 Å². The highest BCUT2D eigenvalue weighted by molar-refractivity contribution is 9.11. The highest BCUT2D eigenvalue weighted by Gasteiger charge is 2.23. The first kappa shape index (κ1) is 66.7. The normalized spacial score (nSPS) is 12.7. The molecule has 0 spiro atoms. The number of alkyl halides is 1. The number of thiophene rings is 3. The van der Waals surface area contributed by atoms with Crippen LogP contribution in [-0.2, 0) is 21.5 Å². The van der Waals surface area contributed by atoms with E-state index in [1.54, 1.807) is 54.0 Å². The summed E-state index contributed by atoms with van der Waals surface area (Å²) in [5.74, 6) is 1.90. The molecule has 3 aromatic carbocycles. The summed E-state index contributed by atoms with van der Waals surface area (Å²) in [5, 5.41) is 24.5. The molecule has 0 amide bonds. The molecule has 0 aliphatic carbocycles. The van der Waals surface area contributed by atoms with Crippen LogP contribution in [0.5, 0.6) is 17.6 Å². The zero-order valence-electron chi connectivity index (χ0n) is 41.6. The monoisotopic (exact) mass is 1430 g/mol. The van der Waals surface area contributed by atoms with Gasteiger partial charge in [-0.05, 0) is 133 Å². The van der Waals surface area contributed by atoms with Gasteiger partial charge in [0.05, 0.1) is 40.1 Å². The summed E-state index contributed by atoms with van der Waals surface area (Å²) in [6.07, 6.45) is 0. The highest BCUT2D eigenvalue weighted by atomic mass is 79.9. The average Bonchev–Trinajstić information content (AvgIpc) is 4.25. The smallest absolute Gasteiger partial charge is 0.228 e. The first-order chi connectivity index (χ1) is 37.8. The van der Waals surface area contributed by atoms with Crippen LogP contribution in [0, 0.1) is 0 Å². The first-order valence-electron chi connectivity index (χ1n) is 22.5. The minimum absolute atomic E-state index is 0. The number of aromatic nitrogens is 3. The molecule has 0 saturated carbocycles. The lowest BCUT2D eigenvalue weighted by Crippen LogP contribution is -2.33. The Balaban J connectivity index is 0.000000233. The number of oxime groups is 2. The summed E-state index contributed by atoms with van der Waals surface area (Å²) in [6, 6.07) is 34.5. The number of methoxy groups -OCH3 is 3. The molecule has 10 rings (SSSR count). The molecule has 1 unspecified atom stereocenters. The number of hydrogen-bond acceptors (Lipinski definition) is 19. The zero-order chi connectivity index (χ0) is 56.1. The summed E-state index contributed by atoms with van der Waals surface area (Å²) < 4.78 is 21.0. The van der Waals surface area contributed by atoms with Gasteiger partial charge in [0.15, 0.2) is 29.9 Å². The molecule has 1 atom stereocenters. The van der Waals surface area contributed by atoms with E-state index in [9.17, 15) is 9.59 Å². The molecule has 0 fully saturated rings. The number of ether oxygens (including phenoxy) is 3. The Morgan fingerprint density at radius 2 is 1.15 bits per heavy atom. The van der Waals surface area contributed by atoms with Gasteiger partial charge in [-0.25, -0.2) is 20.4 Å². The number of nitrogens with zero attached hydrogens (tertiary/aromatic N) is 6. The fourth-order valence-electron chi connectivity index (χ4n) is 6.86. The summed E-state index contributed by atoms with van der Waals surface area (Å²) in [7, 11) is 5.58. The van der Waals surface area contributed by atoms with Crippen LogP contribution in [0.4, 0.5) is 0 Å². The van der Waals surface area contributed by atoms with E-state index in [0.29, 0.717) is 67.0 Å². The van der Waals surface area contributed by atoms with Crippen LogP contribution in [-0.4, -0.2) is 95.8 Å². The molecule has 80 heavy (non-hydrogen) atoms. The number of hydrogen-bond donors (Lipinski definition) is 4. The largest absolute Gasteiger partial charge is 0.480 e. The quantitative estimate of drug-likeness (QED) is 0.0160. The van der Waals surface area contributed by atoms with Crippen molar-refractivity contribution in [2.45, 2.75) is 20.9 Å². The number of halogens is 4. The Morgan fingerprint density at radius 1 is 0.700 bits per heavy atom. The third-order valence-corrected chi connectivity index (χ3v) is 15.7. The molecule has 420 valence electrons. The third-order valence-electron chi connectivity index (χ3n) is 10.5. The second-order valence-corrected chi connectivity index (χ2v) is 22.7. The van der Waals surface area contributed by atoms with Gasteiger partial charge in [0.1, 0.15) is 29.7 Å². The van der Waals surface area contributed by atoms with Gasteiger partial charge < -0.3 is 35.7 Å². The van der Waals surface area contributed by atoms with E-state index in [-0.39, 0.29) is 50.7 Å². The number of carbonyl (C=O) groups excluding carboxylic acids is 2. The lowest BCUT2D eigenvalue weighted by molar-refractivity contribution is 0.0624. The van der Waals surface area contributed by atoms with Crippen molar-refractivity contribution in [3.8, 4) is 17.6 Å². The van der Waals surface area contributed by atoms with E-state index in [2.05, 4.69) is 124 Å². The Labute approximate surface area is 515 Å². The Kier molecular flexibility index (Phi) is 28.1. The van der Waals surface area contributed by atoms with Crippen molar-refractivity contribution in [3.63, 3.8) is 0 Å². The van der Waals surface area contributed by atoms with E-state index in [4.69, 9.17) is 45.6 Å². The molecule has 26 heteroatoms. The maximum Gasteiger partial charge on any atom is 0.228 e. The molecule has 17 nitrogen and oxygen atoms in total. The van der Waals surface area contributed by atoms with E-state index < -0.39 is 0 Å². The van der Waals surface area contributed by atoms with Gasteiger partial charge in [-0.2, -0.15) is 0 Å². The second-order valence-electron chi connectivity index (χ2n) is 15.3. The number of hydroxylamine groups is 1. The third kappa shape index (κ3) is 17.8. The van der Waals surface area contributed by atoms with Gasteiger partial charge in [-0.15, -0.1) is 34.0 Å². The molecule has 1 aliphatic heterocycles. The number of carbonyl (C=O) groups is 2. The van der Waals surface area contributed by atoms with Crippen LogP contribution in [0.15, 0.2) is 154 Å². The summed E-state index contributed by atoms with van der Waals surface area (Å²) in [5.41, 5.74) is 18.1. The van der Waals surface area contributed by atoms with E-state index in [1.807, 2.05) is 90.2 Å².